The zero-order chi connectivity index (χ0) is 25.2. The first-order chi connectivity index (χ1) is 18.2. The standard InChI is InChI=1S/C33H28O4/c1-2-35-32(34)33(22-23-10-4-3-5-11-23)30(28-18-16-24-12-6-8-14-26(24)20-28)36-31(37-33)29-19-17-25-13-7-9-15-27(25)21-29/h3-21,30-31H,2,22H2,1H3/t30-,31-,33+/m1/s1. The van der Waals surface area contributed by atoms with Crippen LogP contribution in [0.5, 0.6) is 0 Å². The Labute approximate surface area is 216 Å². The smallest absolute Gasteiger partial charge is 0.342 e. The lowest BCUT2D eigenvalue weighted by atomic mass is 9.84. The number of carbonyl (C=O) groups excluding carboxylic acids is 1. The Balaban J connectivity index is 1.49. The van der Waals surface area contributed by atoms with E-state index in [4.69, 9.17) is 14.2 Å². The van der Waals surface area contributed by atoms with Crippen LogP contribution in [0.2, 0.25) is 0 Å². The maximum atomic E-state index is 13.8. The highest BCUT2D eigenvalue weighted by molar-refractivity contribution is 5.86. The fourth-order valence-electron chi connectivity index (χ4n) is 5.25. The van der Waals surface area contributed by atoms with Crippen molar-refractivity contribution in [2.24, 2.45) is 0 Å². The molecule has 3 atom stereocenters. The number of esters is 1. The maximum absolute atomic E-state index is 13.8. The van der Waals surface area contributed by atoms with Crippen LogP contribution in [0, 0.1) is 0 Å². The molecule has 0 aromatic heterocycles. The van der Waals surface area contributed by atoms with E-state index in [-0.39, 0.29) is 6.61 Å². The largest absolute Gasteiger partial charge is 0.464 e. The Morgan fingerprint density at radius 2 is 1.30 bits per heavy atom. The summed E-state index contributed by atoms with van der Waals surface area (Å²) in [7, 11) is 0. The second kappa shape index (κ2) is 9.81. The van der Waals surface area contributed by atoms with Crippen LogP contribution < -0.4 is 0 Å². The summed E-state index contributed by atoms with van der Waals surface area (Å²) in [4.78, 5) is 13.8. The fourth-order valence-corrected chi connectivity index (χ4v) is 5.25. The first-order valence-corrected chi connectivity index (χ1v) is 12.7. The molecule has 0 aliphatic carbocycles. The van der Waals surface area contributed by atoms with E-state index in [9.17, 15) is 4.79 Å². The van der Waals surface area contributed by atoms with Crippen LogP contribution >= 0.6 is 0 Å². The van der Waals surface area contributed by atoms with Crippen molar-refractivity contribution in [1.29, 1.82) is 0 Å². The summed E-state index contributed by atoms with van der Waals surface area (Å²) < 4.78 is 19.0. The van der Waals surface area contributed by atoms with E-state index in [2.05, 4.69) is 48.5 Å². The second-order valence-electron chi connectivity index (χ2n) is 9.45. The van der Waals surface area contributed by atoms with Gasteiger partial charge in [-0.3, -0.25) is 0 Å². The third-order valence-corrected chi connectivity index (χ3v) is 7.05. The van der Waals surface area contributed by atoms with E-state index in [1.165, 1.54) is 0 Å². The third-order valence-electron chi connectivity index (χ3n) is 7.05. The molecule has 0 bridgehead atoms. The number of hydrogen-bond donors (Lipinski definition) is 0. The number of carbonyl (C=O) groups is 1. The topological polar surface area (TPSA) is 44.8 Å². The number of benzene rings is 5. The molecular weight excluding hydrogens is 460 g/mol. The average Bonchev–Trinajstić information content (AvgIpc) is 3.33. The summed E-state index contributed by atoms with van der Waals surface area (Å²) in [5.41, 5.74) is 1.37. The van der Waals surface area contributed by atoms with Gasteiger partial charge in [-0.1, -0.05) is 103 Å². The molecule has 0 amide bonds. The van der Waals surface area contributed by atoms with Crippen LogP contribution in [-0.2, 0) is 25.4 Å². The molecule has 0 saturated carbocycles. The van der Waals surface area contributed by atoms with Crippen molar-refractivity contribution in [2.45, 2.75) is 31.3 Å². The Morgan fingerprint density at radius 3 is 1.95 bits per heavy atom. The predicted molar refractivity (Wildman–Crippen MR) is 145 cm³/mol. The van der Waals surface area contributed by atoms with E-state index in [0.29, 0.717) is 6.42 Å². The van der Waals surface area contributed by atoms with Crippen LogP contribution in [0.15, 0.2) is 115 Å². The first-order valence-electron chi connectivity index (χ1n) is 12.7. The van der Waals surface area contributed by atoms with E-state index in [0.717, 1.165) is 38.2 Å². The number of hydrogen-bond acceptors (Lipinski definition) is 4. The summed E-state index contributed by atoms with van der Waals surface area (Å²) in [6.07, 6.45) is -1.06. The minimum atomic E-state index is -1.35. The van der Waals surface area contributed by atoms with Crippen LogP contribution in [0.1, 0.15) is 36.0 Å². The van der Waals surface area contributed by atoms with Crippen LogP contribution in [0.3, 0.4) is 0 Å². The highest BCUT2D eigenvalue weighted by Crippen LogP contribution is 2.50. The van der Waals surface area contributed by atoms with Gasteiger partial charge in [0.05, 0.1) is 6.61 Å². The SMILES string of the molecule is CCOC(=O)[C@@]1(Cc2ccccc2)O[C@H](c2ccc3ccccc3c2)O[C@@H]1c1ccc2ccccc2c1. The van der Waals surface area contributed by atoms with Crippen molar-refractivity contribution < 1.29 is 19.0 Å². The van der Waals surface area contributed by atoms with Gasteiger partial charge in [0.15, 0.2) is 6.29 Å². The van der Waals surface area contributed by atoms with Crippen LogP contribution in [-0.4, -0.2) is 18.2 Å². The molecule has 1 aliphatic rings. The monoisotopic (exact) mass is 488 g/mol. The highest BCUT2D eigenvalue weighted by atomic mass is 16.8. The number of fused-ring (bicyclic) bond motifs is 2. The summed E-state index contributed by atoms with van der Waals surface area (Å²) in [5, 5.41) is 4.43. The zero-order valence-corrected chi connectivity index (χ0v) is 20.7. The van der Waals surface area contributed by atoms with Gasteiger partial charge in [-0.05, 0) is 51.7 Å². The van der Waals surface area contributed by atoms with E-state index >= 15 is 0 Å². The van der Waals surface area contributed by atoms with Crippen molar-refractivity contribution in [3.63, 3.8) is 0 Å². The van der Waals surface area contributed by atoms with Gasteiger partial charge in [0, 0.05) is 12.0 Å². The molecule has 1 heterocycles. The molecule has 0 N–H and O–H groups in total. The van der Waals surface area contributed by atoms with Gasteiger partial charge in [0.1, 0.15) is 6.10 Å². The minimum absolute atomic E-state index is 0.254. The minimum Gasteiger partial charge on any atom is -0.464 e. The molecule has 37 heavy (non-hydrogen) atoms. The third kappa shape index (κ3) is 4.39. The molecule has 0 unspecified atom stereocenters. The van der Waals surface area contributed by atoms with Crippen molar-refractivity contribution in [1.82, 2.24) is 0 Å². The van der Waals surface area contributed by atoms with Gasteiger partial charge in [-0.25, -0.2) is 4.79 Å². The van der Waals surface area contributed by atoms with Gasteiger partial charge in [0.2, 0.25) is 5.60 Å². The lowest BCUT2D eigenvalue weighted by Crippen LogP contribution is -2.46. The summed E-state index contributed by atoms with van der Waals surface area (Å²) in [5.74, 6) is -0.416. The van der Waals surface area contributed by atoms with Crippen molar-refractivity contribution >= 4 is 27.5 Å². The molecule has 5 aromatic rings. The Kier molecular flexibility index (Phi) is 6.21. The van der Waals surface area contributed by atoms with Crippen LogP contribution in [0.4, 0.5) is 0 Å². The molecule has 4 nitrogen and oxygen atoms in total. The molecule has 6 rings (SSSR count). The van der Waals surface area contributed by atoms with E-state index < -0.39 is 24.0 Å². The molecule has 0 radical (unpaired) electrons. The van der Waals surface area contributed by atoms with E-state index in [1.54, 1.807) is 0 Å². The fraction of sp³-hybridized carbons (Fsp3) is 0.182. The molecule has 4 heteroatoms. The molecule has 1 saturated heterocycles. The molecule has 1 fully saturated rings. The number of rotatable bonds is 6. The van der Waals surface area contributed by atoms with Crippen molar-refractivity contribution in [2.75, 3.05) is 6.61 Å². The highest BCUT2D eigenvalue weighted by Gasteiger charge is 2.57. The van der Waals surface area contributed by atoms with Gasteiger partial charge in [-0.15, -0.1) is 0 Å². The molecule has 5 aromatic carbocycles. The summed E-state index contributed by atoms with van der Waals surface area (Å²) >= 11 is 0. The predicted octanol–water partition coefficient (Wildman–Crippen LogP) is 7.32. The second-order valence-corrected chi connectivity index (χ2v) is 9.45. The van der Waals surface area contributed by atoms with Gasteiger partial charge in [-0.2, -0.15) is 0 Å². The number of ether oxygens (including phenoxy) is 3. The van der Waals surface area contributed by atoms with Gasteiger partial charge in [0.25, 0.3) is 0 Å². The average molecular weight is 489 g/mol. The normalized spacial score (nSPS) is 21.3. The van der Waals surface area contributed by atoms with E-state index in [1.807, 2.05) is 73.7 Å². The first kappa shape index (κ1) is 23.4. The quantitative estimate of drug-likeness (QED) is 0.235. The Bertz CT molecular complexity index is 1560. The van der Waals surface area contributed by atoms with Crippen LogP contribution in [0.25, 0.3) is 21.5 Å². The van der Waals surface area contributed by atoms with Gasteiger partial charge < -0.3 is 14.2 Å². The lowest BCUT2D eigenvalue weighted by Gasteiger charge is -2.31. The Hall–Kier alpha value is -3.99. The summed E-state index contributed by atoms with van der Waals surface area (Å²) in [6.45, 7) is 2.07. The maximum Gasteiger partial charge on any atom is 0.342 e. The molecule has 184 valence electrons. The van der Waals surface area contributed by atoms with Crippen molar-refractivity contribution in [3.05, 3.63) is 132 Å². The molecule has 1 aliphatic heterocycles. The summed E-state index contributed by atoms with van der Waals surface area (Å²) in [6, 6.07) is 38.6. The lowest BCUT2D eigenvalue weighted by molar-refractivity contribution is -0.173. The van der Waals surface area contributed by atoms with Gasteiger partial charge >= 0.3 is 5.97 Å². The molecular formula is C33H28O4. The van der Waals surface area contributed by atoms with Crippen molar-refractivity contribution in [3.8, 4) is 0 Å². The molecule has 0 spiro atoms. The Morgan fingerprint density at radius 1 is 0.730 bits per heavy atom. The zero-order valence-electron chi connectivity index (χ0n) is 20.7.